The number of allylic oxidation sites excluding steroid dienone is 1. The van der Waals surface area contributed by atoms with Crippen molar-refractivity contribution in [1.29, 1.82) is 0 Å². The van der Waals surface area contributed by atoms with Gasteiger partial charge in [0, 0.05) is 42.6 Å². The van der Waals surface area contributed by atoms with Gasteiger partial charge >= 0.3 is 6.09 Å². The molecule has 1 saturated carbocycles. The number of carbonyl (C=O) groups excluding carboxylic acids is 1. The monoisotopic (exact) mass is 802 g/mol. The number of hydrogen-bond acceptors (Lipinski definition) is 9. The Balaban J connectivity index is 1.34. The predicted octanol–water partition coefficient (Wildman–Crippen LogP) is 9.60. The van der Waals surface area contributed by atoms with Crippen molar-refractivity contribution in [1.82, 2.24) is 5.32 Å². The van der Waals surface area contributed by atoms with E-state index >= 15 is 0 Å². The summed E-state index contributed by atoms with van der Waals surface area (Å²) in [5.74, 6) is -0.240. The molecule has 0 radical (unpaired) electrons. The Kier molecular flexibility index (Phi) is 14.4. The van der Waals surface area contributed by atoms with Crippen LogP contribution in [0.1, 0.15) is 67.6 Å². The lowest BCUT2D eigenvalue weighted by molar-refractivity contribution is -0.223. The van der Waals surface area contributed by atoms with Crippen LogP contribution in [0.25, 0.3) is 0 Å². The first kappa shape index (κ1) is 41.3. The lowest BCUT2D eigenvalue weighted by Gasteiger charge is -2.58. The van der Waals surface area contributed by atoms with Gasteiger partial charge in [-0.1, -0.05) is 109 Å². The molecule has 3 N–H and O–H groups in total. The van der Waals surface area contributed by atoms with Gasteiger partial charge in [0.1, 0.15) is 18.1 Å². The van der Waals surface area contributed by atoms with Crippen molar-refractivity contribution in [3.8, 4) is 11.5 Å². The molecule has 1 fully saturated rings. The van der Waals surface area contributed by atoms with Crippen molar-refractivity contribution in [2.75, 3.05) is 19.8 Å². The standard InChI is InChI=1S/C48H54N2O7S/c1-2-28-54-48-44(58-38-21-10-5-11-22-38)31-42(50-55-33-35-18-8-4-9-19-35)40-29-36(20-12-14-26-51)39(23-13-15-27-52)45(46(40)48)41-30-37(24-25-43(41)57-48)56-47(53)49-32-34-16-6-3-7-17-34/h2-11,16-19,21-22,24-25,29-30,36,39,44-46,51-52H,1,12-15,20,23,26-28,31-33H2,(H,49,53). The molecule has 6 atom stereocenters. The highest BCUT2D eigenvalue weighted by molar-refractivity contribution is 8.00. The van der Waals surface area contributed by atoms with Gasteiger partial charge in [-0.25, -0.2) is 4.79 Å². The Morgan fingerprint density at radius 2 is 1.59 bits per heavy atom. The van der Waals surface area contributed by atoms with Crippen molar-refractivity contribution in [2.45, 2.75) is 79.9 Å². The first-order valence-electron chi connectivity index (χ1n) is 20.5. The SMILES string of the molecule is C=CCOC12Oc3ccc(OC(=O)NCc4ccccc4)cc3C3C(CCCCO)C(CCCCO)C=C(C(=NOCc4ccccc4)CC1Sc1ccccc1)C32. The lowest BCUT2D eigenvalue weighted by Crippen LogP contribution is -2.64. The zero-order valence-electron chi connectivity index (χ0n) is 32.9. The summed E-state index contributed by atoms with van der Waals surface area (Å²) in [6, 6.07) is 35.7. The van der Waals surface area contributed by atoms with Gasteiger partial charge in [-0.05, 0) is 84.6 Å². The van der Waals surface area contributed by atoms with Crippen LogP contribution in [0, 0.1) is 17.8 Å². The van der Waals surface area contributed by atoms with Crippen molar-refractivity contribution >= 4 is 23.6 Å². The van der Waals surface area contributed by atoms with Crippen molar-refractivity contribution < 1.29 is 34.1 Å². The molecule has 1 aliphatic heterocycles. The Hall–Kier alpha value is -4.87. The van der Waals surface area contributed by atoms with Crippen LogP contribution >= 0.6 is 11.8 Å². The van der Waals surface area contributed by atoms with Gasteiger partial charge in [0.2, 0.25) is 5.79 Å². The fourth-order valence-corrected chi connectivity index (χ4v) is 10.1. The molecule has 0 saturated heterocycles. The third-order valence-corrected chi connectivity index (χ3v) is 12.7. The van der Waals surface area contributed by atoms with Gasteiger partial charge in [-0.2, -0.15) is 0 Å². The number of unbranched alkanes of at least 4 members (excludes halogenated alkanes) is 2. The molecule has 7 rings (SSSR count). The zero-order valence-corrected chi connectivity index (χ0v) is 33.7. The minimum Gasteiger partial charge on any atom is -0.460 e. The summed E-state index contributed by atoms with van der Waals surface area (Å²) in [6.45, 7) is 5.22. The number of hydrogen-bond donors (Lipinski definition) is 3. The molecular weight excluding hydrogens is 749 g/mol. The number of rotatable bonds is 19. The van der Waals surface area contributed by atoms with E-state index in [0.717, 1.165) is 58.6 Å². The van der Waals surface area contributed by atoms with Crippen molar-refractivity contribution in [2.24, 2.45) is 22.9 Å². The maximum atomic E-state index is 13.2. The number of carbonyl (C=O) groups is 1. The molecule has 1 amide bonds. The highest BCUT2D eigenvalue weighted by atomic mass is 32.2. The minimum absolute atomic E-state index is 0.113. The number of aliphatic hydroxyl groups excluding tert-OH is 2. The third kappa shape index (κ3) is 9.69. The van der Waals surface area contributed by atoms with Crippen LogP contribution in [0.5, 0.6) is 11.5 Å². The first-order valence-corrected chi connectivity index (χ1v) is 21.4. The Labute approximate surface area is 346 Å². The normalized spacial score (nSPS) is 23.8. The number of aliphatic hydroxyl groups is 2. The second-order valence-electron chi connectivity index (χ2n) is 15.2. The van der Waals surface area contributed by atoms with E-state index in [1.807, 2.05) is 91.0 Å². The molecule has 4 aromatic carbocycles. The summed E-state index contributed by atoms with van der Waals surface area (Å²) in [6.07, 6.45) is 8.93. The molecule has 3 aliphatic rings. The molecule has 10 heteroatoms. The van der Waals surface area contributed by atoms with E-state index in [1.54, 1.807) is 23.9 Å². The number of benzene rings is 4. The second kappa shape index (κ2) is 20.2. The zero-order chi connectivity index (χ0) is 40.2. The minimum atomic E-state index is -1.13. The van der Waals surface area contributed by atoms with Crippen LogP contribution in [0.4, 0.5) is 4.79 Å². The van der Waals surface area contributed by atoms with Crippen LogP contribution in [-0.4, -0.2) is 52.9 Å². The van der Waals surface area contributed by atoms with Gasteiger partial charge in [0.15, 0.2) is 0 Å². The third-order valence-electron chi connectivity index (χ3n) is 11.4. The predicted molar refractivity (Wildman–Crippen MR) is 228 cm³/mol. The van der Waals surface area contributed by atoms with Gasteiger partial charge < -0.3 is 34.6 Å². The quantitative estimate of drug-likeness (QED) is 0.0488. The van der Waals surface area contributed by atoms with Gasteiger partial charge in [0.25, 0.3) is 0 Å². The van der Waals surface area contributed by atoms with Gasteiger partial charge in [0.05, 0.1) is 23.5 Å². The topological polar surface area (TPSA) is 119 Å². The summed E-state index contributed by atoms with van der Waals surface area (Å²) in [4.78, 5) is 20.5. The molecule has 4 aromatic rings. The molecule has 2 aliphatic carbocycles. The average molecular weight is 803 g/mol. The molecule has 0 bridgehead atoms. The van der Waals surface area contributed by atoms with Gasteiger partial charge in [-0.3, -0.25) is 0 Å². The Morgan fingerprint density at radius 3 is 2.29 bits per heavy atom. The number of amides is 1. The van der Waals surface area contributed by atoms with E-state index in [-0.39, 0.29) is 48.7 Å². The van der Waals surface area contributed by atoms with E-state index in [0.29, 0.717) is 43.9 Å². The molecule has 6 unspecified atom stereocenters. The van der Waals surface area contributed by atoms with E-state index in [1.165, 1.54) is 0 Å². The average Bonchev–Trinajstić information content (AvgIpc) is 3.25. The maximum Gasteiger partial charge on any atom is 0.412 e. The van der Waals surface area contributed by atoms with Gasteiger partial charge in [-0.15, -0.1) is 18.3 Å². The highest BCUT2D eigenvalue weighted by Gasteiger charge is 2.64. The van der Waals surface area contributed by atoms with E-state index in [4.69, 9.17) is 24.2 Å². The lowest BCUT2D eigenvalue weighted by atomic mass is 9.56. The second-order valence-corrected chi connectivity index (χ2v) is 16.4. The van der Waals surface area contributed by atoms with E-state index in [9.17, 15) is 15.0 Å². The van der Waals surface area contributed by atoms with Crippen molar-refractivity contribution in [3.05, 3.63) is 150 Å². The van der Waals surface area contributed by atoms with Crippen LogP contribution in [0.2, 0.25) is 0 Å². The number of oxime groups is 1. The fourth-order valence-electron chi connectivity index (χ4n) is 8.82. The highest BCUT2D eigenvalue weighted by Crippen LogP contribution is 2.63. The Morgan fingerprint density at radius 1 is 0.897 bits per heavy atom. The summed E-state index contributed by atoms with van der Waals surface area (Å²) in [7, 11) is 0. The maximum absolute atomic E-state index is 13.2. The summed E-state index contributed by atoms with van der Waals surface area (Å²) >= 11 is 1.72. The number of fused-ring (bicyclic) bond motifs is 2. The number of nitrogens with zero attached hydrogens (tertiary/aromatic N) is 1. The number of thioether (sulfide) groups is 1. The van der Waals surface area contributed by atoms with E-state index < -0.39 is 11.9 Å². The first-order chi connectivity index (χ1) is 28.5. The molecule has 58 heavy (non-hydrogen) atoms. The molecular formula is C48H54N2O7S. The molecule has 0 aromatic heterocycles. The van der Waals surface area contributed by atoms with Crippen LogP contribution in [-0.2, 0) is 22.7 Å². The van der Waals surface area contributed by atoms with Crippen LogP contribution in [0.15, 0.2) is 144 Å². The summed E-state index contributed by atoms with van der Waals surface area (Å²) in [5, 5.41) is 27.3. The molecule has 9 nitrogen and oxygen atoms in total. The summed E-state index contributed by atoms with van der Waals surface area (Å²) < 4.78 is 20.3. The smallest absolute Gasteiger partial charge is 0.412 e. The fraction of sp³-hybridized carbons (Fsp3) is 0.375. The number of nitrogens with one attached hydrogen (secondary N) is 1. The van der Waals surface area contributed by atoms with E-state index in [2.05, 4.69) is 30.1 Å². The van der Waals surface area contributed by atoms with Crippen LogP contribution in [0.3, 0.4) is 0 Å². The number of ether oxygens (including phenoxy) is 3. The Bertz CT molecular complexity index is 2010. The molecule has 304 valence electrons. The largest absolute Gasteiger partial charge is 0.460 e. The van der Waals surface area contributed by atoms with Crippen LogP contribution < -0.4 is 14.8 Å². The molecule has 1 heterocycles. The molecule has 0 spiro atoms. The van der Waals surface area contributed by atoms with Crippen molar-refractivity contribution in [3.63, 3.8) is 0 Å². The summed E-state index contributed by atoms with van der Waals surface area (Å²) in [5.41, 5.74) is 4.84.